The lowest BCUT2D eigenvalue weighted by molar-refractivity contribution is 0.735. The van der Waals surface area contributed by atoms with Crippen molar-refractivity contribution < 1.29 is 0 Å². The Morgan fingerprint density at radius 1 is 1.40 bits per heavy atom. The highest BCUT2D eigenvalue weighted by Crippen LogP contribution is 2.23. The SMILES string of the molecule is ClC1CCCN(c2ncncc2I)CC1. The van der Waals surface area contributed by atoms with Crippen LogP contribution in [0, 0.1) is 3.57 Å². The molecule has 0 aliphatic carbocycles. The Bertz CT molecular complexity index is 334. The molecule has 0 amide bonds. The van der Waals surface area contributed by atoms with E-state index in [4.69, 9.17) is 11.6 Å². The van der Waals surface area contributed by atoms with Gasteiger partial charge in [0.1, 0.15) is 12.1 Å². The van der Waals surface area contributed by atoms with Gasteiger partial charge in [-0.1, -0.05) is 0 Å². The molecule has 0 spiro atoms. The van der Waals surface area contributed by atoms with Gasteiger partial charge in [-0.2, -0.15) is 0 Å². The van der Waals surface area contributed by atoms with Gasteiger partial charge in [-0.25, -0.2) is 9.97 Å². The highest BCUT2D eigenvalue weighted by atomic mass is 127. The molecular formula is C10H13ClIN3. The highest BCUT2D eigenvalue weighted by molar-refractivity contribution is 14.1. The summed E-state index contributed by atoms with van der Waals surface area (Å²) < 4.78 is 1.11. The van der Waals surface area contributed by atoms with Crippen LogP contribution in [0.1, 0.15) is 19.3 Å². The first-order valence-corrected chi connectivity index (χ1v) is 6.63. The van der Waals surface area contributed by atoms with Gasteiger partial charge >= 0.3 is 0 Å². The molecule has 0 radical (unpaired) electrons. The number of hydrogen-bond donors (Lipinski definition) is 0. The van der Waals surface area contributed by atoms with Gasteiger partial charge in [0, 0.05) is 24.7 Å². The Labute approximate surface area is 108 Å². The maximum absolute atomic E-state index is 6.15. The molecule has 2 heterocycles. The van der Waals surface area contributed by atoms with Crippen LogP contribution in [0.5, 0.6) is 0 Å². The average molecular weight is 338 g/mol. The van der Waals surface area contributed by atoms with Crippen molar-refractivity contribution in [2.45, 2.75) is 24.6 Å². The molecule has 0 bridgehead atoms. The number of nitrogens with zero attached hydrogens (tertiary/aromatic N) is 3. The van der Waals surface area contributed by atoms with Crippen LogP contribution in [0.2, 0.25) is 0 Å². The summed E-state index contributed by atoms with van der Waals surface area (Å²) in [5.74, 6) is 1.05. The first kappa shape index (κ1) is 11.4. The molecule has 1 saturated heterocycles. The number of rotatable bonds is 1. The van der Waals surface area contributed by atoms with E-state index in [2.05, 4.69) is 37.5 Å². The number of alkyl halides is 1. The van der Waals surface area contributed by atoms with Crippen LogP contribution >= 0.6 is 34.2 Å². The van der Waals surface area contributed by atoms with E-state index < -0.39 is 0 Å². The quantitative estimate of drug-likeness (QED) is 0.583. The fourth-order valence-corrected chi connectivity index (χ4v) is 2.70. The lowest BCUT2D eigenvalue weighted by atomic mass is 10.2. The molecule has 0 saturated carbocycles. The smallest absolute Gasteiger partial charge is 0.145 e. The molecule has 1 aromatic heterocycles. The van der Waals surface area contributed by atoms with Crippen LogP contribution < -0.4 is 4.90 Å². The first-order chi connectivity index (χ1) is 7.27. The van der Waals surface area contributed by atoms with E-state index in [-0.39, 0.29) is 0 Å². The van der Waals surface area contributed by atoms with Crippen LogP contribution in [-0.2, 0) is 0 Å². The Balaban J connectivity index is 2.13. The van der Waals surface area contributed by atoms with Crippen molar-refractivity contribution in [2.75, 3.05) is 18.0 Å². The number of aromatic nitrogens is 2. The zero-order chi connectivity index (χ0) is 10.7. The summed E-state index contributed by atoms with van der Waals surface area (Å²) in [4.78, 5) is 10.7. The second-order valence-corrected chi connectivity index (χ2v) is 5.49. The molecular weight excluding hydrogens is 324 g/mol. The van der Waals surface area contributed by atoms with Crippen molar-refractivity contribution in [3.63, 3.8) is 0 Å². The Hall–Kier alpha value is -0.100. The maximum atomic E-state index is 6.15. The molecule has 1 unspecified atom stereocenters. The Morgan fingerprint density at radius 3 is 3.07 bits per heavy atom. The molecule has 1 aromatic rings. The minimum atomic E-state index is 0.328. The molecule has 2 rings (SSSR count). The molecule has 3 nitrogen and oxygen atoms in total. The van der Waals surface area contributed by atoms with Crippen molar-refractivity contribution in [3.8, 4) is 0 Å². The summed E-state index contributed by atoms with van der Waals surface area (Å²) in [6, 6.07) is 0. The Morgan fingerprint density at radius 2 is 2.27 bits per heavy atom. The molecule has 1 aliphatic heterocycles. The van der Waals surface area contributed by atoms with Crippen LogP contribution in [0.4, 0.5) is 5.82 Å². The van der Waals surface area contributed by atoms with Crippen molar-refractivity contribution in [2.24, 2.45) is 0 Å². The zero-order valence-electron chi connectivity index (χ0n) is 8.37. The molecule has 0 aromatic carbocycles. The molecule has 15 heavy (non-hydrogen) atoms. The van der Waals surface area contributed by atoms with Gasteiger partial charge < -0.3 is 4.90 Å². The monoisotopic (exact) mass is 337 g/mol. The third kappa shape index (κ3) is 2.93. The summed E-state index contributed by atoms with van der Waals surface area (Å²) in [5, 5.41) is 0.328. The maximum Gasteiger partial charge on any atom is 0.145 e. The van der Waals surface area contributed by atoms with Crippen LogP contribution in [0.15, 0.2) is 12.5 Å². The number of anilines is 1. The van der Waals surface area contributed by atoms with Crippen LogP contribution in [0.3, 0.4) is 0 Å². The molecule has 0 N–H and O–H groups in total. The Kier molecular flexibility index (Phi) is 4.02. The summed E-state index contributed by atoms with van der Waals surface area (Å²) in [7, 11) is 0. The van der Waals surface area contributed by atoms with Gasteiger partial charge in [0.05, 0.1) is 3.57 Å². The van der Waals surface area contributed by atoms with E-state index in [0.29, 0.717) is 5.38 Å². The average Bonchev–Trinajstić information content (AvgIpc) is 2.44. The van der Waals surface area contributed by atoms with Gasteiger partial charge in [-0.3, -0.25) is 0 Å². The normalized spacial score (nSPS) is 22.5. The lowest BCUT2D eigenvalue weighted by Crippen LogP contribution is -2.26. The first-order valence-electron chi connectivity index (χ1n) is 5.12. The fourth-order valence-electron chi connectivity index (χ4n) is 1.81. The molecule has 82 valence electrons. The highest BCUT2D eigenvalue weighted by Gasteiger charge is 2.17. The molecule has 1 atom stereocenters. The van der Waals surface area contributed by atoms with Gasteiger partial charge in [0.2, 0.25) is 0 Å². The second kappa shape index (κ2) is 5.30. The van der Waals surface area contributed by atoms with E-state index in [1.54, 1.807) is 6.33 Å². The van der Waals surface area contributed by atoms with E-state index in [1.807, 2.05) is 6.20 Å². The van der Waals surface area contributed by atoms with Crippen molar-refractivity contribution in [1.82, 2.24) is 9.97 Å². The van der Waals surface area contributed by atoms with Crippen molar-refractivity contribution in [3.05, 3.63) is 16.1 Å². The van der Waals surface area contributed by atoms with Gasteiger partial charge in [-0.05, 0) is 41.9 Å². The number of hydrogen-bond acceptors (Lipinski definition) is 3. The summed E-state index contributed by atoms with van der Waals surface area (Å²) in [6.45, 7) is 2.05. The second-order valence-electron chi connectivity index (χ2n) is 3.71. The topological polar surface area (TPSA) is 29.0 Å². The summed E-state index contributed by atoms with van der Waals surface area (Å²) in [5.41, 5.74) is 0. The predicted molar refractivity (Wildman–Crippen MR) is 70.5 cm³/mol. The third-order valence-electron chi connectivity index (χ3n) is 2.61. The number of halogens is 2. The van der Waals surface area contributed by atoms with E-state index in [0.717, 1.165) is 41.7 Å². The third-order valence-corrected chi connectivity index (χ3v) is 3.80. The summed E-state index contributed by atoms with van der Waals surface area (Å²) >= 11 is 8.43. The minimum Gasteiger partial charge on any atom is -0.356 e. The zero-order valence-corrected chi connectivity index (χ0v) is 11.3. The predicted octanol–water partition coefficient (Wildman–Crippen LogP) is 2.68. The van der Waals surface area contributed by atoms with Crippen molar-refractivity contribution in [1.29, 1.82) is 0 Å². The lowest BCUT2D eigenvalue weighted by Gasteiger charge is -2.21. The molecule has 1 aliphatic rings. The standard InChI is InChI=1S/C10H13ClIN3/c11-8-2-1-4-15(5-3-8)10-9(12)6-13-7-14-10/h6-8H,1-5H2. The summed E-state index contributed by atoms with van der Waals surface area (Å²) in [6.07, 6.45) is 6.77. The molecule has 5 heteroatoms. The van der Waals surface area contributed by atoms with Crippen LogP contribution in [0.25, 0.3) is 0 Å². The van der Waals surface area contributed by atoms with Crippen LogP contribution in [-0.4, -0.2) is 28.4 Å². The van der Waals surface area contributed by atoms with E-state index in [1.165, 1.54) is 0 Å². The van der Waals surface area contributed by atoms with Gasteiger partial charge in [0.25, 0.3) is 0 Å². The fraction of sp³-hybridized carbons (Fsp3) is 0.600. The van der Waals surface area contributed by atoms with Gasteiger partial charge in [0.15, 0.2) is 0 Å². The van der Waals surface area contributed by atoms with Gasteiger partial charge in [-0.15, -0.1) is 11.6 Å². The molecule has 1 fully saturated rings. The van der Waals surface area contributed by atoms with E-state index in [9.17, 15) is 0 Å². The minimum absolute atomic E-state index is 0.328. The largest absolute Gasteiger partial charge is 0.356 e. The van der Waals surface area contributed by atoms with Crippen molar-refractivity contribution >= 4 is 40.0 Å². The van der Waals surface area contributed by atoms with E-state index >= 15 is 0 Å².